The van der Waals surface area contributed by atoms with Gasteiger partial charge in [-0.3, -0.25) is 10.4 Å². The molecule has 0 bridgehead atoms. The van der Waals surface area contributed by atoms with E-state index in [1.807, 2.05) is 24.3 Å². The Morgan fingerprint density at radius 2 is 2.25 bits per heavy atom. The van der Waals surface area contributed by atoms with Crippen molar-refractivity contribution in [1.82, 2.24) is 5.43 Å². The lowest BCUT2D eigenvalue weighted by molar-refractivity contribution is 0.603. The molecule has 0 saturated heterocycles. The number of nitrogens with zero attached hydrogens (tertiary/aromatic N) is 2. The van der Waals surface area contributed by atoms with Crippen LogP contribution in [0.15, 0.2) is 38.8 Å². The van der Waals surface area contributed by atoms with E-state index >= 15 is 0 Å². The fourth-order valence-electron chi connectivity index (χ4n) is 2.03. The largest absolute Gasteiger partial charge is 0.455 e. The molecule has 2 aliphatic rings. The second kappa shape index (κ2) is 4.82. The van der Waals surface area contributed by atoms with Gasteiger partial charge in [-0.2, -0.15) is 5.10 Å². The number of amidine groups is 1. The minimum Gasteiger partial charge on any atom is -0.455 e. The molecule has 6 heteroatoms. The number of nitrogens with one attached hydrogen (secondary N) is 1. The molecule has 1 aromatic carbocycles. The van der Waals surface area contributed by atoms with E-state index in [0.29, 0.717) is 11.1 Å². The number of hydrogen-bond donors (Lipinski definition) is 1. The van der Waals surface area contributed by atoms with Crippen LogP contribution >= 0.6 is 23.4 Å². The summed E-state index contributed by atoms with van der Waals surface area (Å²) >= 11 is 7.65. The Hall–Kier alpha value is -1.46. The molecule has 0 atom stereocenters. The Morgan fingerprint density at radius 3 is 3.00 bits per heavy atom. The predicted molar refractivity (Wildman–Crippen MR) is 83.8 cm³/mol. The first kappa shape index (κ1) is 12.3. The van der Waals surface area contributed by atoms with Gasteiger partial charge in [0.1, 0.15) is 11.3 Å². The van der Waals surface area contributed by atoms with E-state index in [4.69, 9.17) is 16.0 Å². The van der Waals surface area contributed by atoms with Crippen LogP contribution in [-0.2, 0) is 0 Å². The maximum Gasteiger partial charge on any atom is 0.177 e. The maximum absolute atomic E-state index is 5.98. The molecule has 1 saturated carbocycles. The van der Waals surface area contributed by atoms with Crippen molar-refractivity contribution in [2.24, 2.45) is 10.1 Å². The van der Waals surface area contributed by atoms with Crippen molar-refractivity contribution in [3.8, 4) is 0 Å². The van der Waals surface area contributed by atoms with Gasteiger partial charge in [0.25, 0.3) is 0 Å². The van der Waals surface area contributed by atoms with Gasteiger partial charge in [-0.25, -0.2) is 0 Å². The highest BCUT2D eigenvalue weighted by molar-refractivity contribution is 8.14. The molecule has 1 aliphatic heterocycles. The minimum atomic E-state index is 0.509. The highest BCUT2D eigenvalue weighted by Gasteiger charge is 2.23. The zero-order valence-electron chi connectivity index (χ0n) is 10.6. The number of thioether (sulfide) groups is 1. The van der Waals surface area contributed by atoms with E-state index in [0.717, 1.165) is 33.4 Å². The van der Waals surface area contributed by atoms with E-state index in [2.05, 4.69) is 15.5 Å². The van der Waals surface area contributed by atoms with Crippen LogP contribution in [0, 0.1) is 0 Å². The lowest BCUT2D eigenvalue weighted by atomic mass is 10.2. The molecule has 20 heavy (non-hydrogen) atoms. The van der Waals surface area contributed by atoms with Crippen LogP contribution in [0.5, 0.6) is 0 Å². The summed E-state index contributed by atoms with van der Waals surface area (Å²) in [7, 11) is 0. The minimum absolute atomic E-state index is 0.509. The summed E-state index contributed by atoms with van der Waals surface area (Å²) in [6.45, 7) is 0. The van der Waals surface area contributed by atoms with Crippen LogP contribution in [0.2, 0.25) is 5.02 Å². The number of hydrazone groups is 1. The van der Waals surface area contributed by atoms with Crippen molar-refractivity contribution in [3.05, 3.63) is 35.0 Å². The average Bonchev–Trinajstić information content (AvgIpc) is 3.16. The predicted octanol–water partition coefficient (Wildman–Crippen LogP) is 3.65. The Morgan fingerprint density at radius 1 is 1.35 bits per heavy atom. The van der Waals surface area contributed by atoms with E-state index in [1.54, 1.807) is 11.8 Å². The number of hydrogen-bond acceptors (Lipinski definition) is 4. The standard InChI is InChI=1S/C14H12ClN3OS/c15-9-1-4-12-8(5-9)6-13(19-12)11-7-20-14(18-17-11)16-10-2-3-10/h1,4-6,10H,2-3,7H2,(H,16,18). The van der Waals surface area contributed by atoms with Crippen molar-refractivity contribution < 1.29 is 4.42 Å². The normalized spacial score (nSPS) is 21.1. The fraction of sp³-hybridized carbons (Fsp3) is 0.286. The van der Waals surface area contributed by atoms with E-state index in [1.165, 1.54) is 12.8 Å². The summed E-state index contributed by atoms with van der Waals surface area (Å²) in [4.78, 5) is 4.54. The lowest BCUT2D eigenvalue weighted by Gasteiger charge is -2.12. The highest BCUT2D eigenvalue weighted by Crippen LogP contribution is 2.27. The molecule has 0 spiro atoms. The number of furan rings is 1. The van der Waals surface area contributed by atoms with Gasteiger partial charge >= 0.3 is 0 Å². The van der Waals surface area contributed by atoms with E-state index in [9.17, 15) is 0 Å². The monoisotopic (exact) mass is 305 g/mol. The molecule has 1 aromatic heterocycles. The lowest BCUT2D eigenvalue weighted by Crippen LogP contribution is -2.25. The van der Waals surface area contributed by atoms with Gasteiger partial charge in [-0.1, -0.05) is 23.4 Å². The van der Waals surface area contributed by atoms with Crippen LogP contribution in [-0.4, -0.2) is 22.7 Å². The molecule has 0 unspecified atom stereocenters. The van der Waals surface area contributed by atoms with Gasteiger partial charge < -0.3 is 4.42 Å². The summed E-state index contributed by atoms with van der Waals surface area (Å²) in [5.74, 6) is 1.55. The average molecular weight is 306 g/mol. The molecule has 2 heterocycles. The van der Waals surface area contributed by atoms with Crippen molar-refractivity contribution in [2.75, 3.05) is 5.75 Å². The second-order valence-electron chi connectivity index (χ2n) is 4.92. The topological polar surface area (TPSA) is 49.9 Å². The quantitative estimate of drug-likeness (QED) is 0.921. The van der Waals surface area contributed by atoms with Crippen molar-refractivity contribution in [1.29, 1.82) is 0 Å². The summed E-state index contributed by atoms with van der Waals surface area (Å²) < 4.78 is 5.81. The molecule has 4 nitrogen and oxygen atoms in total. The van der Waals surface area contributed by atoms with Crippen LogP contribution in [0.3, 0.4) is 0 Å². The van der Waals surface area contributed by atoms with Gasteiger partial charge in [0.15, 0.2) is 10.9 Å². The molecular formula is C14H12ClN3OS. The van der Waals surface area contributed by atoms with Crippen LogP contribution in [0.1, 0.15) is 18.6 Å². The van der Waals surface area contributed by atoms with E-state index in [-0.39, 0.29) is 0 Å². The number of rotatable bonds is 2. The van der Waals surface area contributed by atoms with Gasteiger partial charge in [-0.05, 0) is 37.1 Å². The Kier molecular flexibility index (Phi) is 2.97. The highest BCUT2D eigenvalue weighted by atomic mass is 35.5. The summed E-state index contributed by atoms with van der Waals surface area (Å²) in [6.07, 6.45) is 2.40. The molecule has 102 valence electrons. The van der Waals surface area contributed by atoms with Gasteiger partial charge in [-0.15, -0.1) is 0 Å². The van der Waals surface area contributed by atoms with Gasteiger partial charge in [0.2, 0.25) is 0 Å². The molecule has 0 radical (unpaired) electrons. The van der Waals surface area contributed by atoms with Crippen molar-refractivity contribution in [3.63, 3.8) is 0 Å². The number of halogens is 1. The van der Waals surface area contributed by atoms with Crippen LogP contribution < -0.4 is 5.43 Å². The molecule has 1 fully saturated rings. The molecule has 0 amide bonds. The molecule has 2 aromatic rings. The first-order valence-corrected chi connectivity index (χ1v) is 7.87. The maximum atomic E-state index is 5.98. The number of aliphatic imine (C=N–C) groups is 1. The zero-order valence-corrected chi connectivity index (χ0v) is 12.2. The fourth-order valence-corrected chi connectivity index (χ4v) is 3.03. The van der Waals surface area contributed by atoms with Crippen molar-refractivity contribution in [2.45, 2.75) is 18.9 Å². The molecule has 4 rings (SSSR count). The van der Waals surface area contributed by atoms with Crippen molar-refractivity contribution >= 4 is 45.2 Å². The summed E-state index contributed by atoms with van der Waals surface area (Å²) in [5, 5.41) is 6.99. The third-order valence-corrected chi connectivity index (χ3v) is 4.36. The second-order valence-corrected chi connectivity index (χ2v) is 6.32. The smallest absolute Gasteiger partial charge is 0.177 e. The Labute approximate surface area is 125 Å². The van der Waals surface area contributed by atoms with Gasteiger partial charge in [0.05, 0.1) is 6.04 Å². The molecule has 1 N–H and O–H groups in total. The zero-order chi connectivity index (χ0) is 13.5. The van der Waals surface area contributed by atoms with Crippen LogP contribution in [0.25, 0.3) is 11.0 Å². The Bertz CT molecular complexity index is 733. The summed E-state index contributed by atoms with van der Waals surface area (Å²) in [6, 6.07) is 8.09. The third kappa shape index (κ3) is 2.43. The third-order valence-electron chi connectivity index (χ3n) is 3.24. The van der Waals surface area contributed by atoms with E-state index < -0.39 is 0 Å². The summed E-state index contributed by atoms with van der Waals surface area (Å²) in [5.41, 5.74) is 4.74. The first-order valence-electron chi connectivity index (χ1n) is 6.50. The number of fused-ring (bicyclic) bond motifs is 1. The molecule has 1 aliphatic carbocycles. The molecular weight excluding hydrogens is 294 g/mol. The first-order chi connectivity index (χ1) is 9.78. The Balaban J connectivity index is 1.61. The number of benzene rings is 1. The van der Waals surface area contributed by atoms with Gasteiger partial charge in [0, 0.05) is 16.2 Å². The SMILES string of the molecule is Clc1ccc2oc(C3=NNC(=NC4CC4)SC3)cc2c1. The van der Waals surface area contributed by atoms with Crippen LogP contribution in [0.4, 0.5) is 0 Å².